The number of nitrogens with zero attached hydrogens (tertiary/aromatic N) is 1. The zero-order valence-electron chi connectivity index (χ0n) is 7.05. The second kappa shape index (κ2) is 4.85. The SMILES string of the molecule is N#Cc1cc(Cl)ccc1NC(=O)CCl. The van der Waals surface area contributed by atoms with E-state index in [1.807, 2.05) is 6.07 Å². The first-order valence-corrected chi connectivity index (χ1v) is 4.64. The third kappa shape index (κ3) is 2.63. The van der Waals surface area contributed by atoms with Crippen LogP contribution in [0, 0.1) is 11.3 Å². The minimum absolute atomic E-state index is 0.145. The van der Waals surface area contributed by atoms with Gasteiger partial charge in [-0.1, -0.05) is 11.6 Å². The second-order valence-electron chi connectivity index (χ2n) is 2.48. The fourth-order valence-corrected chi connectivity index (χ4v) is 1.14. The van der Waals surface area contributed by atoms with Crippen molar-refractivity contribution < 1.29 is 4.79 Å². The van der Waals surface area contributed by atoms with Gasteiger partial charge in [0.15, 0.2) is 0 Å². The van der Waals surface area contributed by atoms with Gasteiger partial charge >= 0.3 is 0 Å². The summed E-state index contributed by atoms with van der Waals surface area (Å²) in [6.07, 6.45) is 0. The fourth-order valence-electron chi connectivity index (χ4n) is 0.902. The summed E-state index contributed by atoms with van der Waals surface area (Å²) in [7, 11) is 0. The van der Waals surface area contributed by atoms with Crippen molar-refractivity contribution in [2.45, 2.75) is 0 Å². The number of nitrogens with one attached hydrogen (secondary N) is 1. The number of amides is 1. The van der Waals surface area contributed by atoms with Crippen LogP contribution in [-0.2, 0) is 4.79 Å². The third-order valence-corrected chi connectivity index (χ3v) is 1.98. The smallest absolute Gasteiger partial charge is 0.239 e. The summed E-state index contributed by atoms with van der Waals surface area (Å²) < 4.78 is 0. The van der Waals surface area contributed by atoms with Crippen LogP contribution in [0.3, 0.4) is 0 Å². The highest BCUT2D eigenvalue weighted by Crippen LogP contribution is 2.19. The van der Waals surface area contributed by atoms with Crippen molar-refractivity contribution in [3.63, 3.8) is 0 Å². The van der Waals surface area contributed by atoms with Gasteiger partial charge in [-0.3, -0.25) is 4.79 Å². The Kier molecular flexibility index (Phi) is 3.75. The summed E-state index contributed by atoms with van der Waals surface area (Å²) in [6.45, 7) is 0. The molecule has 1 rings (SSSR count). The molecule has 0 aliphatic heterocycles. The number of anilines is 1. The van der Waals surface area contributed by atoms with E-state index in [-0.39, 0.29) is 11.8 Å². The van der Waals surface area contributed by atoms with E-state index >= 15 is 0 Å². The van der Waals surface area contributed by atoms with Crippen LogP contribution in [0.1, 0.15) is 5.56 Å². The molecule has 0 heterocycles. The van der Waals surface area contributed by atoms with E-state index in [0.29, 0.717) is 16.3 Å². The molecule has 0 radical (unpaired) electrons. The minimum Gasteiger partial charge on any atom is -0.324 e. The minimum atomic E-state index is -0.356. The van der Waals surface area contributed by atoms with Gasteiger partial charge in [-0.2, -0.15) is 5.26 Å². The van der Waals surface area contributed by atoms with Gasteiger partial charge in [0.05, 0.1) is 11.3 Å². The van der Waals surface area contributed by atoms with Crippen LogP contribution in [0.25, 0.3) is 0 Å². The summed E-state index contributed by atoms with van der Waals surface area (Å²) in [5.41, 5.74) is 0.735. The average Bonchev–Trinajstić information content (AvgIpc) is 2.20. The number of benzene rings is 1. The molecule has 1 aromatic rings. The summed E-state index contributed by atoms with van der Waals surface area (Å²) in [6, 6.07) is 6.55. The van der Waals surface area contributed by atoms with Crippen molar-refractivity contribution in [3.8, 4) is 6.07 Å². The molecule has 72 valence electrons. The van der Waals surface area contributed by atoms with E-state index in [1.54, 1.807) is 12.1 Å². The molecule has 0 saturated heterocycles. The lowest BCUT2D eigenvalue weighted by atomic mass is 10.2. The van der Waals surface area contributed by atoms with Gasteiger partial charge in [-0.25, -0.2) is 0 Å². The molecule has 0 atom stereocenters. The predicted molar refractivity (Wildman–Crippen MR) is 55.5 cm³/mol. The lowest BCUT2D eigenvalue weighted by Gasteiger charge is -2.04. The van der Waals surface area contributed by atoms with Gasteiger partial charge in [0, 0.05) is 5.02 Å². The van der Waals surface area contributed by atoms with Crippen molar-refractivity contribution in [2.75, 3.05) is 11.2 Å². The Morgan fingerprint density at radius 3 is 2.86 bits per heavy atom. The Hall–Kier alpha value is -1.24. The second-order valence-corrected chi connectivity index (χ2v) is 3.19. The van der Waals surface area contributed by atoms with Crippen molar-refractivity contribution in [1.82, 2.24) is 0 Å². The summed E-state index contributed by atoms with van der Waals surface area (Å²) in [4.78, 5) is 10.9. The Labute approximate surface area is 91.2 Å². The zero-order chi connectivity index (χ0) is 10.6. The summed E-state index contributed by atoms with van der Waals surface area (Å²) >= 11 is 11.0. The van der Waals surface area contributed by atoms with E-state index < -0.39 is 0 Å². The Morgan fingerprint density at radius 1 is 1.57 bits per heavy atom. The maximum absolute atomic E-state index is 10.9. The lowest BCUT2D eigenvalue weighted by molar-refractivity contribution is -0.113. The molecule has 1 amide bonds. The maximum Gasteiger partial charge on any atom is 0.239 e. The van der Waals surface area contributed by atoms with Crippen molar-refractivity contribution in [1.29, 1.82) is 5.26 Å². The number of carbonyl (C=O) groups excluding carboxylic acids is 1. The maximum atomic E-state index is 10.9. The molecule has 0 fully saturated rings. The number of carbonyl (C=O) groups is 1. The van der Waals surface area contributed by atoms with E-state index in [1.165, 1.54) is 6.07 Å². The normalized spacial score (nSPS) is 9.21. The molecule has 0 bridgehead atoms. The molecule has 0 aliphatic rings. The van der Waals surface area contributed by atoms with Gasteiger partial charge in [-0.05, 0) is 18.2 Å². The quantitative estimate of drug-likeness (QED) is 0.791. The number of hydrogen-bond donors (Lipinski definition) is 1. The first kappa shape index (κ1) is 10.8. The molecule has 0 aliphatic carbocycles. The van der Waals surface area contributed by atoms with Gasteiger partial charge in [0.1, 0.15) is 11.9 Å². The third-order valence-electron chi connectivity index (χ3n) is 1.50. The largest absolute Gasteiger partial charge is 0.324 e. The average molecular weight is 229 g/mol. The molecule has 1 aromatic carbocycles. The van der Waals surface area contributed by atoms with Gasteiger partial charge in [0.2, 0.25) is 5.91 Å². The van der Waals surface area contributed by atoms with Crippen molar-refractivity contribution in [3.05, 3.63) is 28.8 Å². The van der Waals surface area contributed by atoms with Crippen LogP contribution in [0.2, 0.25) is 5.02 Å². The molecule has 0 unspecified atom stereocenters. The van der Waals surface area contributed by atoms with Gasteiger partial charge in [-0.15, -0.1) is 11.6 Å². The van der Waals surface area contributed by atoms with E-state index in [4.69, 9.17) is 28.5 Å². The Balaban J connectivity index is 2.98. The van der Waals surface area contributed by atoms with Gasteiger partial charge < -0.3 is 5.32 Å². The number of alkyl halides is 1. The molecule has 5 heteroatoms. The van der Waals surface area contributed by atoms with Crippen LogP contribution in [-0.4, -0.2) is 11.8 Å². The molecule has 3 nitrogen and oxygen atoms in total. The highest BCUT2D eigenvalue weighted by Gasteiger charge is 2.05. The van der Waals surface area contributed by atoms with E-state index in [2.05, 4.69) is 5.32 Å². The highest BCUT2D eigenvalue weighted by atomic mass is 35.5. The zero-order valence-corrected chi connectivity index (χ0v) is 8.56. The molecular weight excluding hydrogens is 223 g/mol. The summed E-state index contributed by atoms with van der Waals surface area (Å²) in [5, 5.41) is 11.7. The van der Waals surface area contributed by atoms with Crippen molar-refractivity contribution >= 4 is 34.8 Å². The van der Waals surface area contributed by atoms with Crippen LogP contribution < -0.4 is 5.32 Å². The number of halogens is 2. The topological polar surface area (TPSA) is 52.9 Å². The van der Waals surface area contributed by atoms with Crippen LogP contribution >= 0.6 is 23.2 Å². The number of nitriles is 1. The van der Waals surface area contributed by atoms with Crippen LogP contribution in [0.15, 0.2) is 18.2 Å². The molecule has 0 spiro atoms. The monoisotopic (exact) mass is 228 g/mol. The first-order valence-electron chi connectivity index (χ1n) is 3.73. The van der Waals surface area contributed by atoms with Crippen LogP contribution in [0.4, 0.5) is 5.69 Å². The highest BCUT2D eigenvalue weighted by molar-refractivity contribution is 6.31. The molecule has 0 aromatic heterocycles. The molecule has 14 heavy (non-hydrogen) atoms. The Morgan fingerprint density at radius 2 is 2.29 bits per heavy atom. The van der Waals surface area contributed by atoms with Gasteiger partial charge in [0.25, 0.3) is 0 Å². The number of rotatable bonds is 2. The molecule has 1 N–H and O–H groups in total. The fraction of sp³-hybridized carbons (Fsp3) is 0.111. The standard InChI is InChI=1S/C9H6Cl2N2O/c10-4-9(14)13-8-2-1-7(11)3-6(8)5-12/h1-3H,4H2,(H,13,14). The predicted octanol–water partition coefficient (Wildman–Crippen LogP) is 2.39. The first-order chi connectivity index (χ1) is 6.67. The van der Waals surface area contributed by atoms with E-state index in [9.17, 15) is 4.79 Å². The van der Waals surface area contributed by atoms with E-state index in [0.717, 1.165) is 0 Å². The lowest BCUT2D eigenvalue weighted by Crippen LogP contribution is -2.13. The Bertz CT molecular complexity index is 398. The van der Waals surface area contributed by atoms with Crippen molar-refractivity contribution in [2.24, 2.45) is 0 Å². The van der Waals surface area contributed by atoms with Crippen LogP contribution in [0.5, 0.6) is 0 Å². The molecule has 0 saturated carbocycles. The molecular formula is C9H6Cl2N2O. The summed E-state index contributed by atoms with van der Waals surface area (Å²) in [5.74, 6) is -0.501. The number of hydrogen-bond acceptors (Lipinski definition) is 2.